The molecule has 1 aromatic heterocycles. The van der Waals surface area contributed by atoms with Gasteiger partial charge in [0, 0.05) is 60.6 Å². The Morgan fingerprint density at radius 1 is 1.07 bits per heavy atom. The van der Waals surface area contributed by atoms with Crippen molar-refractivity contribution in [3.05, 3.63) is 65.5 Å². The van der Waals surface area contributed by atoms with Gasteiger partial charge in [0.1, 0.15) is 0 Å². The Labute approximate surface area is 161 Å². The lowest BCUT2D eigenvalue weighted by atomic mass is 10.1. The maximum absolute atomic E-state index is 12.7. The summed E-state index contributed by atoms with van der Waals surface area (Å²) in [6, 6.07) is 13.0. The van der Waals surface area contributed by atoms with Crippen molar-refractivity contribution in [2.75, 3.05) is 19.3 Å². The molecule has 1 atom stereocenters. The van der Waals surface area contributed by atoms with E-state index in [2.05, 4.69) is 4.98 Å². The van der Waals surface area contributed by atoms with Gasteiger partial charge in [-0.1, -0.05) is 30.3 Å². The average Bonchev–Trinajstić information content (AvgIpc) is 2.66. The van der Waals surface area contributed by atoms with Crippen LogP contribution in [0.5, 0.6) is 0 Å². The molecule has 0 N–H and O–H groups in total. The van der Waals surface area contributed by atoms with Crippen molar-refractivity contribution in [2.24, 2.45) is 0 Å². The van der Waals surface area contributed by atoms with Crippen LogP contribution in [0.2, 0.25) is 0 Å². The lowest BCUT2D eigenvalue weighted by molar-refractivity contribution is -0.131. The molecule has 3 amide bonds. The smallest absolute Gasteiger partial charge is 0.323 e. The lowest BCUT2D eigenvalue weighted by Crippen LogP contribution is -2.52. The first kappa shape index (κ1) is 19.2. The van der Waals surface area contributed by atoms with E-state index >= 15 is 0 Å². The van der Waals surface area contributed by atoms with Gasteiger partial charge in [0.25, 0.3) is 0 Å². The molecular formula is C20H23N3O3S. The van der Waals surface area contributed by atoms with E-state index in [-0.39, 0.29) is 18.5 Å². The highest BCUT2D eigenvalue weighted by molar-refractivity contribution is 7.83. The van der Waals surface area contributed by atoms with Gasteiger partial charge >= 0.3 is 6.03 Å². The molecule has 0 saturated carbocycles. The van der Waals surface area contributed by atoms with Gasteiger partial charge in [-0.3, -0.25) is 18.9 Å². The van der Waals surface area contributed by atoms with E-state index in [1.165, 1.54) is 4.90 Å². The Balaban J connectivity index is 1.62. The van der Waals surface area contributed by atoms with Crippen LogP contribution in [0.1, 0.15) is 23.2 Å². The molecule has 1 saturated heterocycles. The molecule has 1 aromatic carbocycles. The second-order valence-electron chi connectivity index (χ2n) is 6.60. The average molecular weight is 385 g/mol. The van der Waals surface area contributed by atoms with Crippen LogP contribution in [-0.2, 0) is 34.3 Å². The number of rotatable bonds is 7. The van der Waals surface area contributed by atoms with Gasteiger partial charge in [0.05, 0.1) is 6.54 Å². The Morgan fingerprint density at radius 2 is 1.81 bits per heavy atom. The van der Waals surface area contributed by atoms with Crippen LogP contribution in [0.25, 0.3) is 0 Å². The molecule has 142 valence electrons. The van der Waals surface area contributed by atoms with Gasteiger partial charge in [-0.05, 0) is 23.3 Å². The van der Waals surface area contributed by atoms with Crippen molar-refractivity contribution >= 4 is 22.7 Å². The fraction of sp³-hybridized carbons (Fsp3) is 0.350. The van der Waals surface area contributed by atoms with Crippen LogP contribution in [0.15, 0.2) is 48.7 Å². The lowest BCUT2D eigenvalue weighted by Gasteiger charge is -2.34. The quantitative estimate of drug-likeness (QED) is 0.734. The van der Waals surface area contributed by atoms with Gasteiger partial charge in [-0.15, -0.1) is 0 Å². The minimum absolute atomic E-state index is 0.146. The number of amides is 3. The summed E-state index contributed by atoms with van der Waals surface area (Å²) in [4.78, 5) is 32.3. The molecule has 0 bridgehead atoms. The Kier molecular flexibility index (Phi) is 6.34. The van der Waals surface area contributed by atoms with Crippen molar-refractivity contribution in [1.82, 2.24) is 14.8 Å². The maximum atomic E-state index is 12.7. The first-order valence-electron chi connectivity index (χ1n) is 8.90. The molecule has 27 heavy (non-hydrogen) atoms. The highest BCUT2D eigenvalue weighted by Crippen LogP contribution is 2.16. The zero-order valence-electron chi connectivity index (χ0n) is 15.3. The molecule has 1 aliphatic heterocycles. The van der Waals surface area contributed by atoms with Gasteiger partial charge in [-0.25, -0.2) is 4.79 Å². The van der Waals surface area contributed by atoms with Crippen molar-refractivity contribution < 1.29 is 13.8 Å². The summed E-state index contributed by atoms with van der Waals surface area (Å²) in [5.74, 6) is 0.358. The fourth-order valence-electron chi connectivity index (χ4n) is 3.06. The molecule has 0 radical (unpaired) electrons. The molecule has 7 heteroatoms. The van der Waals surface area contributed by atoms with Crippen molar-refractivity contribution in [1.29, 1.82) is 0 Å². The van der Waals surface area contributed by atoms with E-state index in [4.69, 9.17) is 0 Å². The monoisotopic (exact) mass is 385 g/mol. The van der Waals surface area contributed by atoms with Gasteiger partial charge in [0.2, 0.25) is 5.91 Å². The minimum Gasteiger partial charge on any atom is -0.323 e. The third-order valence-electron chi connectivity index (χ3n) is 4.50. The number of nitrogens with zero attached hydrogens (tertiary/aromatic N) is 3. The number of aromatic nitrogens is 1. The summed E-state index contributed by atoms with van der Waals surface area (Å²) in [5, 5.41) is 0. The third kappa shape index (κ3) is 5.23. The molecule has 0 spiro atoms. The number of urea groups is 1. The molecule has 1 unspecified atom stereocenters. The summed E-state index contributed by atoms with van der Waals surface area (Å²) < 4.78 is 11.3. The molecule has 3 rings (SSSR count). The molecule has 2 aromatic rings. The maximum Gasteiger partial charge on any atom is 0.327 e. The number of carbonyl (C=O) groups is 2. The summed E-state index contributed by atoms with van der Waals surface area (Å²) >= 11 is 0. The largest absolute Gasteiger partial charge is 0.327 e. The predicted octanol–water partition coefficient (Wildman–Crippen LogP) is 2.36. The van der Waals surface area contributed by atoms with E-state index in [0.717, 1.165) is 16.8 Å². The van der Waals surface area contributed by atoms with Gasteiger partial charge in [0.15, 0.2) is 0 Å². The molecule has 2 heterocycles. The Hall–Kier alpha value is -2.54. The summed E-state index contributed by atoms with van der Waals surface area (Å²) in [5.41, 5.74) is 2.79. The zero-order chi connectivity index (χ0) is 19.2. The first-order valence-corrected chi connectivity index (χ1v) is 10.6. The second-order valence-corrected chi connectivity index (χ2v) is 8.04. The van der Waals surface area contributed by atoms with Gasteiger partial charge in [-0.2, -0.15) is 0 Å². The van der Waals surface area contributed by atoms with Crippen LogP contribution in [0.3, 0.4) is 0 Å². The summed E-state index contributed by atoms with van der Waals surface area (Å²) in [6.07, 6.45) is 4.40. The van der Waals surface area contributed by atoms with Crippen LogP contribution in [-0.4, -0.2) is 50.3 Å². The van der Waals surface area contributed by atoms with Gasteiger partial charge < -0.3 is 4.90 Å². The Morgan fingerprint density at radius 3 is 2.48 bits per heavy atom. The highest BCUT2D eigenvalue weighted by atomic mass is 32.2. The predicted molar refractivity (Wildman–Crippen MR) is 104 cm³/mol. The second kappa shape index (κ2) is 8.90. The zero-order valence-corrected chi connectivity index (χ0v) is 16.2. The Bertz CT molecular complexity index is 824. The third-order valence-corrected chi connectivity index (χ3v) is 5.24. The number of hydrogen-bond acceptors (Lipinski definition) is 4. The number of pyridine rings is 1. The highest BCUT2D eigenvalue weighted by Gasteiger charge is 2.31. The van der Waals surface area contributed by atoms with Crippen LogP contribution >= 0.6 is 0 Å². The van der Waals surface area contributed by atoms with Crippen LogP contribution < -0.4 is 0 Å². The topological polar surface area (TPSA) is 70.6 Å². The number of hydrogen-bond donors (Lipinski definition) is 0. The van der Waals surface area contributed by atoms with E-state index < -0.39 is 10.8 Å². The van der Waals surface area contributed by atoms with E-state index in [1.54, 1.807) is 17.4 Å². The van der Waals surface area contributed by atoms with E-state index in [1.807, 2.05) is 42.5 Å². The first-order chi connectivity index (χ1) is 13.0. The van der Waals surface area contributed by atoms with Crippen molar-refractivity contribution in [2.45, 2.75) is 25.1 Å². The number of benzene rings is 1. The standard InChI is InChI=1S/C20H23N3O3S/c1-27(26)15-17-7-5-16(6-8-17)14-23-19(24)10-13-22(20(23)25)12-9-18-4-2-3-11-21-18/h2-8,11H,9-10,12-15H2,1H3. The molecule has 0 aliphatic carbocycles. The molecule has 1 fully saturated rings. The van der Waals surface area contributed by atoms with Crippen LogP contribution in [0.4, 0.5) is 4.79 Å². The molecular weight excluding hydrogens is 362 g/mol. The number of imide groups is 1. The molecule has 1 aliphatic rings. The van der Waals surface area contributed by atoms with Crippen molar-refractivity contribution in [3.8, 4) is 0 Å². The summed E-state index contributed by atoms with van der Waals surface area (Å²) in [6.45, 7) is 1.25. The van der Waals surface area contributed by atoms with Crippen molar-refractivity contribution in [3.63, 3.8) is 0 Å². The minimum atomic E-state index is -0.894. The van der Waals surface area contributed by atoms with E-state index in [9.17, 15) is 13.8 Å². The van der Waals surface area contributed by atoms with Crippen LogP contribution in [0, 0.1) is 0 Å². The fourth-order valence-corrected chi connectivity index (χ4v) is 3.72. The van der Waals surface area contributed by atoms with E-state index in [0.29, 0.717) is 31.7 Å². The summed E-state index contributed by atoms with van der Waals surface area (Å²) in [7, 11) is -0.894. The number of carbonyl (C=O) groups excluding carboxylic acids is 2. The SMILES string of the molecule is CS(=O)Cc1ccc(CN2C(=O)CCN(CCc3ccccn3)C2=O)cc1. The molecule has 6 nitrogen and oxygen atoms in total. The normalized spacial score (nSPS) is 15.9.